The van der Waals surface area contributed by atoms with Crippen LogP contribution in [0.1, 0.15) is 52.1 Å². The fourth-order valence-electron chi connectivity index (χ4n) is 3.41. The second-order valence-corrected chi connectivity index (χ2v) is 7.81. The monoisotopic (exact) mass is 433 g/mol. The second-order valence-electron chi connectivity index (χ2n) is 7.81. The third-order valence-corrected chi connectivity index (χ3v) is 4.89. The van der Waals surface area contributed by atoms with Gasteiger partial charge in [-0.15, -0.1) is 0 Å². The molecule has 0 aromatic carbocycles. The van der Waals surface area contributed by atoms with E-state index in [9.17, 15) is 18.0 Å². The first-order chi connectivity index (χ1) is 14.7. The fourth-order valence-corrected chi connectivity index (χ4v) is 3.41. The lowest BCUT2D eigenvalue weighted by Crippen LogP contribution is -2.25. The molecule has 0 saturated carbocycles. The normalized spacial score (nSPS) is 21.3. The highest BCUT2D eigenvalue weighted by molar-refractivity contribution is 6.07. The van der Waals surface area contributed by atoms with Crippen LogP contribution in [0.15, 0.2) is 51.7 Å². The number of allylic oxidation sites excluding steroid dienone is 2. The Hall–Kier alpha value is -2.97. The largest absolute Gasteiger partial charge is 0.433 e. The van der Waals surface area contributed by atoms with Gasteiger partial charge in [-0.1, -0.05) is 6.92 Å². The number of anilines is 1. The van der Waals surface area contributed by atoms with Crippen LogP contribution in [-0.2, 0) is 11.0 Å². The van der Waals surface area contributed by atoms with Crippen LogP contribution < -0.4 is 10.6 Å². The minimum absolute atomic E-state index is 0.0494. The third-order valence-electron chi connectivity index (χ3n) is 4.89. The highest BCUT2D eigenvalue weighted by atomic mass is 19.4. The summed E-state index contributed by atoms with van der Waals surface area (Å²) < 4.78 is 39.2. The topological polar surface area (TPSA) is 78.7 Å². The van der Waals surface area contributed by atoms with E-state index in [1.165, 1.54) is 6.07 Å². The average Bonchev–Trinajstić information content (AvgIpc) is 2.86. The van der Waals surface area contributed by atoms with Crippen molar-refractivity contribution >= 4 is 23.3 Å². The van der Waals surface area contributed by atoms with E-state index in [-0.39, 0.29) is 23.4 Å². The van der Waals surface area contributed by atoms with Gasteiger partial charge in [0, 0.05) is 36.0 Å². The van der Waals surface area contributed by atoms with Gasteiger partial charge in [-0.3, -0.25) is 9.78 Å². The lowest BCUT2D eigenvalue weighted by Gasteiger charge is -2.18. The average molecular weight is 433 g/mol. The molecule has 0 amide bonds. The van der Waals surface area contributed by atoms with Crippen LogP contribution in [0.5, 0.6) is 0 Å². The Morgan fingerprint density at radius 2 is 2.10 bits per heavy atom. The summed E-state index contributed by atoms with van der Waals surface area (Å²) in [6, 6.07) is 2.38. The van der Waals surface area contributed by atoms with E-state index in [4.69, 9.17) is 0 Å². The molecule has 0 radical (unpaired) electrons. The molecule has 2 N–H and O–H groups in total. The predicted molar refractivity (Wildman–Crippen MR) is 115 cm³/mol. The fraction of sp³-hybridized carbons (Fsp3) is 0.455. The van der Waals surface area contributed by atoms with E-state index in [0.29, 0.717) is 24.6 Å². The van der Waals surface area contributed by atoms with E-state index in [1.54, 1.807) is 6.08 Å². The van der Waals surface area contributed by atoms with Crippen LogP contribution in [-0.4, -0.2) is 28.6 Å². The smallest absolute Gasteiger partial charge is 0.343 e. The summed E-state index contributed by atoms with van der Waals surface area (Å²) in [6.07, 6.45) is 2.93. The maximum atomic E-state index is 13.1. The van der Waals surface area contributed by atoms with Crippen LogP contribution in [0.2, 0.25) is 0 Å². The molecule has 0 spiro atoms. The summed E-state index contributed by atoms with van der Waals surface area (Å²) in [6.45, 7) is 5.78. The van der Waals surface area contributed by atoms with Gasteiger partial charge in [-0.05, 0) is 63.0 Å². The SMILES string of the molecule is CCC1C=C(C2=CC(=O)CCC2)NC(=NC(C)C)N=C1Nc1ccnc(C(F)(F)F)c1. The van der Waals surface area contributed by atoms with Gasteiger partial charge in [0.15, 0.2) is 5.78 Å². The molecule has 3 rings (SSSR count). The van der Waals surface area contributed by atoms with Crippen LogP contribution in [0.3, 0.4) is 0 Å². The van der Waals surface area contributed by atoms with Crippen LogP contribution in [0, 0.1) is 5.92 Å². The van der Waals surface area contributed by atoms with E-state index >= 15 is 0 Å². The van der Waals surface area contributed by atoms with Crippen LogP contribution in [0.25, 0.3) is 0 Å². The van der Waals surface area contributed by atoms with Crippen molar-refractivity contribution in [2.45, 2.75) is 58.7 Å². The Balaban J connectivity index is 1.99. The number of aromatic nitrogens is 1. The lowest BCUT2D eigenvalue weighted by molar-refractivity contribution is -0.141. The molecule has 1 aliphatic heterocycles. The number of rotatable bonds is 4. The number of carbonyl (C=O) groups excluding carboxylic acids is 1. The van der Waals surface area contributed by atoms with Gasteiger partial charge in [-0.25, -0.2) is 4.99 Å². The van der Waals surface area contributed by atoms with Crippen molar-refractivity contribution < 1.29 is 18.0 Å². The summed E-state index contributed by atoms with van der Waals surface area (Å²) in [5, 5.41) is 6.25. The van der Waals surface area contributed by atoms with Gasteiger partial charge in [0.25, 0.3) is 0 Å². The Morgan fingerprint density at radius 3 is 2.74 bits per heavy atom. The van der Waals surface area contributed by atoms with Crippen molar-refractivity contribution in [1.29, 1.82) is 0 Å². The first-order valence-corrected chi connectivity index (χ1v) is 10.3. The zero-order valence-corrected chi connectivity index (χ0v) is 17.8. The zero-order valence-electron chi connectivity index (χ0n) is 17.8. The summed E-state index contributed by atoms with van der Waals surface area (Å²) >= 11 is 0. The Morgan fingerprint density at radius 1 is 1.32 bits per heavy atom. The third kappa shape index (κ3) is 6.02. The molecule has 0 saturated heterocycles. The molecule has 1 unspecified atom stereocenters. The van der Waals surface area contributed by atoms with Crippen LogP contribution >= 0.6 is 0 Å². The molecule has 1 atom stereocenters. The maximum Gasteiger partial charge on any atom is 0.433 e. The zero-order chi connectivity index (χ0) is 22.6. The molecule has 1 aliphatic carbocycles. The number of amidine groups is 1. The van der Waals surface area contributed by atoms with Crippen molar-refractivity contribution in [3.63, 3.8) is 0 Å². The van der Waals surface area contributed by atoms with Gasteiger partial charge < -0.3 is 10.6 Å². The number of carbonyl (C=O) groups is 1. The Kier molecular flexibility index (Phi) is 6.92. The first kappa shape index (κ1) is 22.7. The Labute approximate surface area is 179 Å². The van der Waals surface area contributed by atoms with Gasteiger partial charge in [-0.2, -0.15) is 18.2 Å². The number of halogens is 3. The molecule has 2 aliphatic rings. The van der Waals surface area contributed by atoms with Crippen molar-refractivity contribution in [3.8, 4) is 0 Å². The van der Waals surface area contributed by atoms with Crippen molar-refractivity contribution in [3.05, 3.63) is 47.4 Å². The number of nitrogens with one attached hydrogen (secondary N) is 2. The predicted octanol–water partition coefficient (Wildman–Crippen LogP) is 4.87. The summed E-state index contributed by atoms with van der Waals surface area (Å²) in [7, 11) is 0. The van der Waals surface area contributed by atoms with Gasteiger partial charge in [0.05, 0.1) is 0 Å². The molecule has 9 heteroatoms. The number of alkyl halides is 3. The number of ketones is 1. The second kappa shape index (κ2) is 9.45. The van der Waals surface area contributed by atoms with Crippen molar-refractivity contribution in [2.75, 3.05) is 5.32 Å². The summed E-state index contributed by atoms with van der Waals surface area (Å²) in [5.41, 5.74) is 0.930. The number of nitrogens with zero attached hydrogens (tertiary/aromatic N) is 3. The highest BCUT2D eigenvalue weighted by Gasteiger charge is 2.32. The standard InChI is InChI=1S/C22H26F3N5O/c1-4-14-11-18(15-6-5-7-17(31)10-15)29-21(27-13(2)3)30-20(14)28-16-8-9-26-19(12-16)22(23,24)25/h8-14H,4-7H2,1-3H3,(H2,26,27,28,29,30). The molecule has 1 aromatic rings. The quantitative estimate of drug-likeness (QED) is 0.710. The number of guanidine groups is 1. The highest BCUT2D eigenvalue weighted by Crippen LogP contribution is 2.30. The molecule has 166 valence electrons. The minimum Gasteiger partial charge on any atom is -0.343 e. The van der Waals surface area contributed by atoms with E-state index in [2.05, 4.69) is 25.6 Å². The lowest BCUT2D eigenvalue weighted by atomic mass is 9.93. The molecule has 1 aromatic heterocycles. The summed E-state index contributed by atoms with van der Waals surface area (Å²) in [4.78, 5) is 24.4. The van der Waals surface area contributed by atoms with Crippen molar-refractivity contribution in [2.24, 2.45) is 15.9 Å². The number of hydrogen-bond donors (Lipinski definition) is 2. The Bertz CT molecular complexity index is 960. The van der Waals surface area contributed by atoms with E-state index < -0.39 is 11.9 Å². The molecule has 6 nitrogen and oxygen atoms in total. The van der Waals surface area contributed by atoms with Gasteiger partial charge >= 0.3 is 6.18 Å². The number of aliphatic imine (C=N–C) groups is 2. The van der Waals surface area contributed by atoms with Crippen molar-refractivity contribution in [1.82, 2.24) is 10.3 Å². The molecule has 2 heterocycles. The van der Waals surface area contributed by atoms with E-state index in [1.807, 2.05) is 26.8 Å². The number of pyridine rings is 1. The van der Waals surface area contributed by atoms with Gasteiger partial charge in [0.2, 0.25) is 5.96 Å². The molecule has 0 bridgehead atoms. The van der Waals surface area contributed by atoms with E-state index in [0.717, 1.165) is 36.4 Å². The van der Waals surface area contributed by atoms with Crippen LogP contribution in [0.4, 0.5) is 18.9 Å². The molecule has 31 heavy (non-hydrogen) atoms. The number of hydrogen-bond acceptors (Lipinski definition) is 4. The maximum absolute atomic E-state index is 13.1. The minimum atomic E-state index is -4.54. The summed E-state index contributed by atoms with van der Waals surface area (Å²) in [5.74, 6) is 0.706. The molecular weight excluding hydrogens is 407 g/mol. The van der Waals surface area contributed by atoms with Gasteiger partial charge in [0.1, 0.15) is 11.5 Å². The molecule has 0 fully saturated rings. The molecular formula is C22H26F3N5O. The first-order valence-electron chi connectivity index (χ1n) is 10.3.